The number of nitrogens with one attached hydrogen (secondary N) is 1. The van der Waals surface area contributed by atoms with E-state index in [-0.39, 0.29) is 6.10 Å². The van der Waals surface area contributed by atoms with Crippen LogP contribution in [0.3, 0.4) is 0 Å². The van der Waals surface area contributed by atoms with Crippen molar-refractivity contribution in [2.24, 2.45) is 0 Å². The van der Waals surface area contributed by atoms with Gasteiger partial charge in [-0.3, -0.25) is 0 Å². The Hall–Kier alpha value is -1.74. The molecule has 2 aromatic rings. The van der Waals surface area contributed by atoms with E-state index >= 15 is 0 Å². The maximum absolute atomic E-state index is 5.70. The fourth-order valence-electron chi connectivity index (χ4n) is 2.10. The lowest BCUT2D eigenvalue weighted by molar-refractivity contribution is 0.242. The van der Waals surface area contributed by atoms with E-state index in [0.717, 1.165) is 24.5 Å². The lowest BCUT2D eigenvalue weighted by Gasteiger charge is -2.14. The maximum Gasteiger partial charge on any atom is 0.120 e. The zero-order chi connectivity index (χ0) is 14.4. The molecule has 0 aliphatic heterocycles. The second-order valence-corrected chi connectivity index (χ2v) is 5.38. The van der Waals surface area contributed by atoms with E-state index in [4.69, 9.17) is 9.15 Å². The third-order valence-electron chi connectivity index (χ3n) is 3.01. The van der Waals surface area contributed by atoms with E-state index in [9.17, 15) is 0 Å². The molecule has 0 fully saturated rings. The van der Waals surface area contributed by atoms with E-state index < -0.39 is 0 Å². The molecule has 1 unspecified atom stereocenters. The summed E-state index contributed by atoms with van der Waals surface area (Å²) >= 11 is 0. The first kappa shape index (κ1) is 14.7. The van der Waals surface area contributed by atoms with Crippen LogP contribution in [0.5, 0.6) is 5.75 Å². The lowest BCUT2D eigenvalue weighted by atomic mass is 10.1. The highest BCUT2D eigenvalue weighted by molar-refractivity contribution is 5.28. The second-order valence-electron chi connectivity index (χ2n) is 5.38. The largest absolute Gasteiger partial charge is 0.491 e. The quantitative estimate of drug-likeness (QED) is 0.833. The Bertz CT molecular complexity index is 505. The number of hydrogen-bond acceptors (Lipinski definition) is 3. The number of benzene rings is 1. The van der Waals surface area contributed by atoms with Crippen LogP contribution in [0.2, 0.25) is 0 Å². The van der Waals surface area contributed by atoms with Crippen molar-refractivity contribution in [2.45, 2.75) is 45.9 Å². The number of rotatable bonds is 7. The van der Waals surface area contributed by atoms with Crippen LogP contribution < -0.4 is 10.1 Å². The Morgan fingerprint density at radius 1 is 1.15 bits per heavy atom. The van der Waals surface area contributed by atoms with Crippen LogP contribution in [0, 0.1) is 0 Å². The molecule has 1 atom stereocenters. The minimum Gasteiger partial charge on any atom is -0.491 e. The Kier molecular flexibility index (Phi) is 5.24. The second kappa shape index (κ2) is 7.15. The van der Waals surface area contributed by atoms with Crippen LogP contribution in [0.1, 0.15) is 32.1 Å². The summed E-state index contributed by atoms with van der Waals surface area (Å²) in [5.41, 5.74) is 1.23. The first-order valence-electron chi connectivity index (χ1n) is 7.15. The molecule has 0 bridgehead atoms. The van der Waals surface area contributed by atoms with Crippen molar-refractivity contribution in [1.29, 1.82) is 0 Å². The third-order valence-corrected chi connectivity index (χ3v) is 3.01. The average Bonchev–Trinajstić information content (AvgIpc) is 2.89. The topological polar surface area (TPSA) is 34.4 Å². The van der Waals surface area contributed by atoms with Gasteiger partial charge in [0.25, 0.3) is 0 Å². The van der Waals surface area contributed by atoms with Crippen LogP contribution in [0.15, 0.2) is 47.1 Å². The van der Waals surface area contributed by atoms with Crippen LogP contribution in [-0.2, 0) is 13.0 Å². The summed E-state index contributed by atoms with van der Waals surface area (Å²) in [6.07, 6.45) is 2.82. The minimum absolute atomic E-state index is 0.205. The van der Waals surface area contributed by atoms with Crippen LogP contribution in [0.25, 0.3) is 0 Å². The van der Waals surface area contributed by atoms with Crippen LogP contribution >= 0.6 is 0 Å². The Morgan fingerprint density at radius 3 is 2.70 bits per heavy atom. The van der Waals surface area contributed by atoms with Crippen LogP contribution in [0.4, 0.5) is 0 Å². The van der Waals surface area contributed by atoms with Crippen molar-refractivity contribution in [2.75, 3.05) is 0 Å². The monoisotopic (exact) mass is 273 g/mol. The van der Waals surface area contributed by atoms with E-state index in [0.29, 0.717) is 6.04 Å². The van der Waals surface area contributed by atoms with E-state index in [1.54, 1.807) is 6.26 Å². The van der Waals surface area contributed by atoms with Crippen molar-refractivity contribution < 1.29 is 9.15 Å². The van der Waals surface area contributed by atoms with Gasteiger partial charge in [-0.15, -0.1) is 0 Å². The van der Waals surface area contributed by atoms with Gasteiger partial charge in [0.1, 0.15) is 11.5 Å². The van der Waals surface area contributed by atoms with Gasteiger partial charge in [0.2, 0.25) is 0 Å². The van der Waals surface area contributed by atoms with Gasteiger partial charge in [0, 0.05) is 19.0 Å². The maximum atomic E-state index is 5.70. The van der Waals surface area contributed by atoms with Crippen molar-refractivity contribution in [3.8, 4) is 5.75 Å². The van der Waals surface area contributed by atoms with E-state index in [1.807, 2.05) is 38.1 Å². The SMILES string of the molecule is CC(Cc1ccco1)NCc1cccc(OC(C)C)c1. The summed E-state index contributed by atoms with van der Waals surface area (Å²) in [6, 6.07) is 12.5. The van der Waals surface area contributed by atoms with Gasteiger partial charge in [0.05, 0.1) is 12.4 Å². The van der Waals surface area contributed by atoms with E-state index in [2.05, 4.69) is 24.4 Å². The highest BCUT2D eigenvalue weighted by Gasteiger charge is 2.06. The molecular formula is C17H23NO2. The summed E-state index contributed by atoms with van der Waals surface area (Å²) in [7, 11) is 0. The first-order chi connectivity index (χ1) is 9.63. The summed E-state index contributed by atoms with van der Waals surface area (Å²) in [6.45, 7) is 7.07. The molecule has 20 heavy (non-hydrogen) atoms. The molecule has 0 aliphatic carbocycles. The highest BCUT2D eigenvalue weighted by atomic mass is 16.5. The minimum atomic E-state index is 0.205. The first-order valence-corrected chi connectivity index (χ1v) is 7.15. The molecule has 0 aliphatic rings. The fourth-order valence-corrected chi connectivity index (χ4v) is 2.10. The van der Waals surface area contributed by atoms with Crippen molar-refractivity contribution in [1.82, 2.24) is 5.32 Å². The van der Waals surface area contributed by atoms with Crippen LogP contribution in [-0.4, -0.2) is 12.1 Å². The van der Waals surface area contributed by atoms with Gasteiger partial charge in [-0.05, 0) is 50.6 Å². The molecule has 1 aromatic carbocycles. The third kappa shape index (κ3) is 4.74. The molecule has 1 aromatic heterocycles. The molecule has 3 heteroatoms. The molecule has 3 nitrogen and oxygen atoms in total. The van der Waals surface area contributed by atoms with Gasteiger partial charge in [-0.1, -0.05) is 12.1 Å². The molecule has 1 heterocycles. The smallest absolute Gasteiger partial charge is 0.120 e. The molecular weight excluding hydrogens is 250 g/mol. The molecule has 0 radical (unpaired) electrons. The molecule has 0 amide bonds. The van der Waals surface area contributed by atoms with E-state index in [1.165, 1.54) is 5.56 Å². The van der Waals surface area contributed by atoms with Gasteiger partial charge in [-0.2, -0.15) is 0 Å². The predicted octanol–water partition coefficient (Wildman–Crippen LogP) is 3.79. The standard InChI is InChI=1S/C17H23NO2/c1-13(2)20-17-7-4-6-15(11-17)12-18-14(3)10-16-8-5-9-19-16/h4-9,11,13-14,18H,10,12H2,1-3H3. The summed E-state index contributed by atoms with van der Waals surface area (Å²) in [5, 5.41) is 3.50. The van der Waals surface area contributed by atoms with Gasteiger partial charge < -0.3 is 14.5 Å². The lowest BCUT2D eigenvalue weighted by Crippen LogP contribution is -2.27. The molecule has 2 rings (SSSR count). The van der Waals surface area contributed by atoms with Gasteiger partial charge in [-0.25, -0.2) is 0 Å². The Balaban J connectivity index is 1.84. The molecule has 0 saturated heterocycles. The summed E-state index contributed by atoms with van der Waals surface area (Å²) < 4.78 is 11.1. The number of hydrogen-bond donors (Lipinski definition) is 1. The Morgan fingerprint density at radius 2 is 2.00 bits per heavy atom. The highest BCUT2D eigenvalue weighted by Crippen LogP contribution is 2.15. The molecule has 0 saturated carbocycles. The van der Waals surface area contributed by atoms with Crippen molar-refractivity contribution in [3.05, 3.63) is 54.0 Å². The molecule has 108 valence electrons. The Labute approximate surface area is 121 Å². The summed E-state index contributed by atoms with van der Waals surface area (Å²) in [5.74, 6) is 1.94. The van der Waals surface area contributed by atoms with Crippen molar-refractivity contribution >= 4 is 0 Å². The fraction of sp³-hybridized carbons (Fsp3) is 0.412. The van der Waals surface area contributed by atoms with Gasteiger partial charge >= 0.3 is 0 Å². The molecule has 1 N–H and O–H groups in total. The van der Waals surface area contributed by atoms with Crippen molar-refractivity contribution in [3.63, 3.8) is 0 Å². The predicted molar refractivity (Wildman–Crippen MR) is 80.9 cm³/mol. The number of furan rings is 1. The normalized spacial score (nSPS) is 12.6. The zero-order valence-electron chi connectivity index (χ0n) is 12.4. The number of ether oxygens (including phenoxy) is 1. The molecule has 0 spiro atoms. The average molecular weight is 273 g/mol. The van der Waals surface area contributed by atoms with Gasteiger partial charge in [0.15, 0.2) is 0 Å². The zero-order valence-corrected chi connectivity index (χ0v) is 12.4. The summed E-state index contributed by atoms with van der Waals surface area (Å²) in [4.78, 5) is 0.